The van der Waals surface area contributed by atoms with Gasteiger partial charge in [-0.25, -0.2) is 4.79 Å². The fourth-order valence-electron chi connectivity index (χ4n) is 1.80. The van der Waals surface area contributed by atoms with Gasteiger partial charge in [-0.05, 0) is 26.4 Å². The number of piperazine rings is 1. The van der Waals surface area contributed by atoms with Crippen molar-refractivity contribution in [3.05, 3.63) is 0 Å². The van der Waals surface area contributed by atoms with Crippen molar-refractivity contribution in [3.8, 4) is 0 Å². The van der Waals surface area contributed by atoms with Crippen molar-refractivity contribution >= 4 is 6.09 Å². The summed E-state index contributed by atoms with van der Waals surface area (Å²) in [4.78, 5) is 14.5. The molecule has 1 saturated heterocycles. The van der Waals surface area contributed by atoms with Crippen molar-refractivity contribution < 1.29 is 9.90 Å². The van der Waals surface area contributed by atoms with Crippen LogP contribution in [0.15, 0.2) is 0 Å². The summed E-state index contributed by atoms with van der Waals surface area (Å²) in [6, 6.07) is 0.311. The van der Waals surface area contributed by atoms with Crippen LogP contribution in [0.5, 0.6) is 0 Å². The normalized spacial score (nSPS) is 23.9. The minimum atomic E-state index is -0.810. The monoisotopic (exact) mass is 201 g/mol. The highest BCUT2D eigenvalue weighted by Gasteiger charge is 2.25. The third-order valence-corrected chi connectivity index (χ3v) is 2.69. The number of amides is 1. The van der Waals surface area contributed by atoms with Crippen molar-refractivity contribution in [2.45, 2.75) is 19.4 Å². The minimum absolute atomic E-state index is 0.311. The first kappa shape index (κ1) is 11.3. The molecule has 5 heteroatoms. The first-order chi connectivity index (χ1) is 6.65. The smallest absolute Gasteiger partial charge is 0.407 e. The maximum absolute atomic E-state index is 10.7. The Hall–Kier alpha value is -0.810. The second-order valence-corrected chi connectivity index (χ2v) is 3.76. The van der Waals surface area contributed by atoms with Gasteiger partial charge in [-0.2, -0.15) is 0 Å². The Kier molecular flexibility index (Phi) is 4.16. The van der Waals surface area contributed by atoms with Crippen LogP contribution in [0, 0.1) is 0 Å². The predicted molar refractivity (Wildman–Crippen MR) is 54.3 cm³/mol. The van der Waals surface area contributed by atoms with Gasteiger partial charge in [0.1, 0.15) is 0 Å². The van der Waals surface area contributed by atoms with E-state index in [1.54, 1.807) is 0 Å². The molecule has 82 valence electrons. The summed E-state index contributed by atoms with van der Waals surface area (Å²) in [5.74, 6) is 0. The van der Waals surface area contributed by atoms with Crippen molar-refractivity contribution in [2.24, 2.45) is 5.73 Å². The van der Waals surface area contributed by atoms with E-state index >= 15 is 0 Å². The van der Waals surface area contributed by atoms with Gasteiger partial charge in [0.25, 0.3) is 0 Å². The Morgan fingerprint density at radius 3 is 2.79 bits per heavy atom. The van der Waals surface area contributed by atoms with E-state index < -0.39 is 6.09 Å². The van der Waals surface area contributed by atoms with Crippen LogP contribution in [-0.4, -0.2) is 59.8 Å². The lowest BCUT2D eigenvalue weighted by Crippen LogP contribution is -2.53. The molecule has 14 heavy (non-hydrogen) atoms. The molecule has 1 fully saturated rings. The SMILES string of the molecule is C[C@@H]1CN(C(=O)O)CCN1CCCN. The lowest BCUT2D eigenvalue weighted by Gasteiger charge is -2.38. The second-order valence-electron chi connectivity index (χ2n) is 3.76. The van der Waals surface area contributed by atoms with Gasteiger partial charge in [0.15, 0.2) is 0 Å². The minimum Gasteiger partial charge on any atom is -0.465 e. The number of hydrogen-bond donors (Lipinski definition) is 2. The Labute approximate surface area is 84.5 Å². The van der Waals surface area contributed by atoms with Crippen molar-refractivity contribution in [3.63, 3.8) is 0 Å². The van der Waals surface area contributed by atoms with Gasteiger partial charge < -0.3 is 15.7 Å². The molecule has 0 radical (unpaired) electrons. The molecule has 1 heterocycles. The molecule has 0 aromatic heterocycles. The molecule has 1 atom stereocenters. The average molecular weight is 201 g/mol. The van der Waals surface area contributed by atoms with E-state index in [9.17, 15) is 4.79 Å². The molecule has 1 aliphatic heterocycles. The quantitative estimate of drug-likeness (QED) is 0.675. The zero-order valence-electron chi connectivity index (χ0n) is 8.65. The van der Waals surface area contributed by atoms with Gasteiger partial charge in [0.2, 0.25) is 0 Å². The highest BCUT2D eigenvalue weighted by molar-refractivity contribution is 5.65. The van der Waals surface area contributed by atoms with Crippen LogP contribution in [0.3, 0.4) is 0 Å². The first-order valence-corrected chi connectivity index (χ1v) is 5.07. The van der Waals surface area contributed by atoms with E-state index in [4.69, 9.17) is 10.8 Å². The molecule has 0 aliphatic carbocycles. The van der Waals surface area contributed by atoms with Crippen LogP contribution in [0.2, 0.25) is 0 Å². The number of carboxylic acid groups (broad SMARTS) is 1. The van der Waals surface area contributed by atoms with Gasteiger partial charge in [-0.1, -0.05) is 0 Å². The second kappa shape index (κ2) is 5.17. The van der Waals surface area contributed by atoms with E-state index in [0.717, 1.165) is 19.5 Å². The summed E-state index contributed by atoms with van der Waals surface area (Å²) < 4.78 is 0. The molecule has 1 aliphatic rings. The Balaban J connectivity index is 2.35. The summed E-state index contributed by atoms with van der Waals surface area (Å²) in [6.07, 6.45) is 0.174. The van der Waals surface area contributed by atoms with Gasteiger partial charge in [0.05, 0.1) is 0 Å². The van der Waals surface area contributed by atoms with E-state index in [2.05, 4.69) is 11.8 Å². The van der Waals surface area contributed by atoms with Crippen LogP contribution in [0.1, 0.15) is 13.3 Å². The Morgan fingerprint density at radius 2 is 2.29 bits per heavy atom. The van der Waals surface area contributed by atoms with Gasteiger partial charge >= 0.3 is 6.09 Å². The van der Waals surface area contributed by atoms with Crippen LogP contribution >= 0.6 is 0 Å². The molecule has 0 aromatic carbocycles. The number of carbonyl (C=O) groups is 1. The molecule has 1 rings (SSSR count). The van der Waals surface area contributed by atoms with Crippen LogP contribution < -0.4 is 5.73 Å². The summed E-state index contributed by atoms with van der Waals surface area (Å²) in [7, 11) is 0. The molecule has 5 nitrogen and oxygen atoms in total. The molecule has 1 amide bonds. The maximum atomic E-state index is 10.7. The summed E-state index contributed by atoms with van der Waals surface area (Å²) >= 11 is 0. The zero-order chi connectivity index (χ0) is 10.6. The Morgan fingerprint density at radius 1 is 1.57 bits per heavy atom. The summed E-state index contributed by atoms with van der Waals surface area (Å²) in [6.45, 7) is 5.79. The van der Waals surface area contributed by atoms with Gasteiger partial charge in [-0.15, -0.1) is 0 Å². The molecule has 3 N–H and O–H groups in total. The average Bonchev–Trinajstić information content (AvgIpc) is 2.15. The van der Waals surface area contributed by atoms with Crippen LogP contribution in [0.25, 0.3) is 0 Å². The van der Waals surface area contributed by atoms with E-state index in [1.165, 1.54) is 4.90 Å². The van der Waals surface area contributed by atoms with E-state index in [1.807, 2.05) is 0 Å². The fraction of sp³-hybridized carbons (Fsp3) is 0.889. The molecule has 0 bridgehead atoms. The number of nitrogens with two attached hydrogens (primary N) is 1. The van der Waals surface area contributed by atoms with E-state index in [-0.39, 0.29) is 0 Å². The fourth-order valence-corrected chi connectivity index (χ4v) is 1.80. The third kappa shape index (κ3) is 2.85. The molecular formula is C9H19N3O2. The summed E-state index contributed by atoms with van der Waals surface area (Å²) in [5, 5.41) is 8.81. The molecule has 0 spiro atoms. The lowest BCUT2D eigenvalue weighted by atomic mass is 10.2. The predicted octanol–water partition coefficient (Wildman–Crippen LogP) is 0.0193. The molecule has 0 unspecified atom stereocenters. The topological polar surface area (TPSA) is 69.8 Å². The highest BCUT2D eigenvalue weighted by Crippen LogP contribution is 2.09. The summed E-state index contributed by atoms with van der Waals surface area (Å²) in [5.41, 5.74) is 5.44. The number of nitrogens with zero attached hydrogens (tertiary/aromatic N) is 2. The van der Waals surface area contributed by atoms with Crippen LogP contribution in [0.4, 0.5) is 4.79 Å². The molecular weight excluding hydrogens is 182 g/mol. The standard InChI is InChI=1S/C9H19N3O2/c1-8-7-12(9(13)14)6-5-11(8)4-2-3-10/h8H,2-7,10H2,1H3,(H,13,14)/t8-/m1/s1. The van der Waals surface area contributed by atoms with Crippen molar-refractivity contribution in [1.29, 1.82) is 0 Å². The maximum Gasteiger partial charge on any atom is 0.407 e. The van der Waals surface area contributed by atoms with Gasteiger partial charge in [-0.3, -0.25) is 4.90 Å². The molecule has 0 saturated carbocycles. The number of hydrogen-bond acceptors (Lipinski definition) is 3. The third-order valence-electron chi connectivity index (χ3n) is 2.69. The molecule has 0 aromatic rings. The zero-order valence-corrected chi connectivity index (χ0v) is 8.65. The Bertz CT molecular complexity index is 198. The van der Waals surface area contributed by atoms with Gasteiger partial charge in [0, 0.05) is 25.7 Å². The lowest BCUT2D eigenvalue weighted by molar-refractivity contribution is 0.0751. The first-order valence-electron chi connectivity index (χ1n) is 5.07. The largest absolute Gasteiger partial charge is 0.465 e. The number of rotatable bonds is 3. The van der Waals surface area contributed by atoms with Crippen molar-refractivity contribution in [1.82, 2.24) is 9.80 Å². The highest BCUT2D eigenvalue weighted by atomic mass is 16.4. The van der Waals surface area contributed by atoms with Crippen LogP contribution in [-0.2, 0) is 0 Å². The van der Waals surface area contributed by atoms with Crippen molar-refractivity contribution in [2.75, 3.05) is 32.7 Å². The van der Waals surface area contributed by atoms with E-state index in [0.29, 0.717) is 25.7 Å².